The Balaban J connectivity index is 0.00000364. The molecule has 0 radical (unpaired) electrons. The van der Waals surface area contributed by atoms with Crippen molar-refractivity contribution in [3.05, 3.63) is 69.8 Å². The lowest BCUT2D eigenvalue weighted by Gasteiger charge is -2.13. The van der Waals surface area contributed by atoms with Gasteiger partial charge in [0.2, 0.25) is 0 Å². The van der Waals surface area contributed by atoms with Crippen LogP contribution >= 0.6 is 24.0 Å². The smallest absolute Gasteiger partial charge is 0.274 e. The molecule has 0 fully saturated rings. The summed E-state index contributed by atoms with van der Waals surface area (Å²) in [6, 6.07) is 14.4. The van der Waals surface area contributed by atoms with E-state index in [2.05, 4.69) is 15.6 Å². The summed E-state index contributed by atoms with van der Waals surface area (Å²) >= 11 is 0. The number of hydrogen-bond donors (Lipinski definition) is 2. The average molecular weight is 484 g/mol. The van der Waals surface area contributed by atoms with Gasteiger partial charge in [0, 0.05) is 30.3 Å². The molecule has 0 saturated heterocycles. The third kappa shape index (κ3) is 7.05. The second-order valence-corrected chi connectivity index (χ2v) is 5.48. The Labute approximate surface area is 176 Å². The molecule has 0 atom stereocenters. The Kier molecular flexibility index (Phi) is 10.2. The van der Waals surface area contributed by atoms with Crippen LogP contribution in [0.15, 0.2) is 53.5 Å². The van der Waals surface area contributed by atoms with Gasteiger partial charge in [0.05, 0.1) is 18.1 Å². The van der Waals surface area contributed by atoms with Gasteiger partial charge in [0.15, 0.2) is 5.96 Å². The molecule has 27 heavy (non-hydrogen) atoms. The molecule has 146 valence electrons. The van der Waals surface area contributed by atoms with Crippen LogP contribution < -0.4 is 15.4 Å². The SMILES string of the molecule is CCNC(=NCc1ccccc1OCC)NCc1ccccc1[N+](=O)[O-].I. The van der Waals surface area contributed by atoms with Crippen LogP contribution in [0.1, 0.15) is 25.0 Å². The molecular weight excluding hydrogens is 459 g/mol. The molecule has 2 aromatic rings. The first kappa shape index (κ1) is 22.7. The van der Waals surface area contributed by atoms with Crippen molar-refractivity contribution >= 4 is 35.6 Å². The topological polar surface area (TPSA) is 88.8 Å². The maximum atomic E-state index is 11.1. The Morgan fingerprint density at radius 3 is 2.41 bits per heavy atom. The summed E-state index contributed by atoms with van der Waals surface area (Å²) < 4.78 is 5.62. The lowest BCUT2D eigenvalue weighted by atomic mass is 10.2. The number of rotatable bonds is 8. The quantitative estimate of drug-likeness (QED) is 0.195. The number of aliphatic imine (C=N–C) groups is 1. The zero-order chi connectivity index (χ0) is 18.8. The van der Waals surface area contributed by atoms with Gasteiger partial charge in [-0.2, -0.15) is 0 Å². The number of hydrogen-bond acceptors (Lipinski definition) is 4. The van der Waals surface area contributed by atoms with Crippen LogP contribution in [-0.4, -0.2) is 24.0 Å². The van der Waals surface area contributed by atoms with E-state index in [0.717, 1.165) is 11.3 Å². The Hall–Kier alpha value is -2.36. The van der Waals surface area contributed by atoms with E-state index in [1.807, 2.05) is 38.1 Å². The Bertz CT molecular complexity index is 768. The van der Waals surface area contributed by atoms with Gasteiger partial charge in [-0.25, -0.2) is 4.99 Å². The minimum atomic E-state index is -0.376. The highest BCUT2D eigenvalue weighted by atomic mass is 127. The van der Waals surface area contributed by atoms with Crippen molar-refractivity contribution in [2.45, 2.75) is 26.9 Å². The van der Waals surface area contributed by atoms with Crippen molar-refractivity contribution < 1.29 is 9.66 Å². The van der Waals surface area contributed by atoms with Crippen LogP contribution in [0.4, 0.5) is 5.69 Å². The standard InChI is InChI=1S/C19H24N4O3.HI/c1-3-20-19(21-13-15-9-5-7-11-17(15)23(24)25)22-14-16-10-6-8-12-18(16)26-4-2;/h5-12H,3-4,13-14H2,1-2H3,(H2,20,21,22);1H. The minimum Gasteiger partial charge on any atom is -0.494 e. The lowest BCUT2D eigenvalue weighted by Crippen LogP contribution is -2.36. The van der Waals surface area contributed by atoms with E-state index in [4.69, 9.17) is 4.74 Å². The summed E-state index contributed by atoms with van der Waals surface area (Å²) in [5, 5.41) is 17.4. The van der Waals surface area contributed by atoms with E-state index < -0.39 is 0 Å². The van der Waals surface area contributed by atoms with Crippen LogP contribution in [0.5, 0.6) is 5.75 Å². The molecule has 0 aromatic heterocycles. The summed E-state index contributed by atoms with van der Waals surface area (Å²) in [7, 11) is 0. The fourth-order valence-corrected chi connectivity index (χ4v) is 2.45. The first-order valence-corrected chi connectivity index (χ1v) is 8.60. The molecule has 2 N–H and O–H groups in total. The molecule has 0 amide bonds. The summed E-state index contributed by atoms with van der Waals surface area (Å²) in [6.07, 6.45) is 0. The molecule has 2 aromatic carbocycles. The van der Waals surface area contributed by atoms with Crippen LogP contribution in [0.25, 0.3) is 0 Å². The summed E-state index contributed by atoms with van der Waals surface area (Å²) in [4.78, 5) is 15.3. The largest absolute Gasteiger partial charge is 0.494 e. The van der Waals surface area contributed by atoms with Gasteiger partial charge in [-0.1, -0.05) is 36.4 Å². The highest BCUT2D eigenvalue weighted by Crippen LogP contribution is 2.19. The Morgan fingerprint density at radius 2 is 1.74 bits per heavy atom. The van der Waals surface area contributed by atoms with Crippen molar-refractivity contribution in [3.8, 4) is 5.75 Å². The third-order valence-corrected chi connectivity index (χ3v) is 3.66. The Morgan fingerprint density at radius 1 is 1.07 bits per heavy atom. The molecule has 0 spiro atoms. The van der Waals surface area contributed by atoms with Crippen molar-refractivity contribution in [2.75, 3.05) is 13.2 Å². The fraction of sp³-hybridized carbons (Fsp3) is 0.316. The molecule has 0 saturated carbocycles. The van der Waals surface area contributed by atoms with Crippen molar-refractivity contribution in [3.63, 3.8) is 0 Å². The summed E-state index contributed by atoms with van der Waals surface area (Å²) in [5.41, 5.74) is 1.69. The molecule has 8 heteroatoms. The van der Waals surface area contributed by atoms with Gasteiger partial charge in [-0.3, -0.25) is 10.1 Å². The van der Waals surface area contributed by atoms with E-state index in [1.54, 1.807) is 18.2 Å². The minimum absolute atomic E-state index is 0. The number of nitrogens with zero attached hydrogens (tertiary/aromatic N) is 2. The predicted octanol–water partition coefficient (Wildman–Crippen LogP) is 3.87. The number of nitrogens with one attached hydrogen (secondary N) is 2. The van der Waals surface area contributed by atoms with E-state index in [9.17, 15) is 10.1 Å². The zero-order valence-corrected chi connectivity index (χ0v) is 17.8. The second-order valence-electron chi connectivity index (χ2n) is 5.48. The molecule has 0 aliphatic heterocycles. The molecule has 0 aliphatic carbocycles. The molecule has 0 heterocycles. The van der Waals surface area contributed by atoms with Crippen molar-refractivity contribution in [2.24, 2.45) is 4.99 Å². The number of guanidine groups is 1. The molecule has 0 unspecified atom stereocenters. The van der Waals surface area contributed by atoms with Crippen LogP contribution in [0, 0.1) is 10.1 Å². The van der Waals surface area contributed by atoms with Crippen LogP contribution in [-0.2, 0) is 13.1 Å². The number of ether oxygens (including phenoxy) is 1. The lowest BCUT2D eigenvalue weighted by molar-refractivity contribution is -0.385. The predicted molar refractivity (Wildman–Crippen MR) is 118 cm³/mol. The molecule has 2 rings (SSSR count). The van der Waals surface area contributed by atoms with Gasteiger partial charge >= 0.3 is 0 Å². The van der Waals surface area contributed by atoms with E-state index in [1.165, 1.54) is 6.07 Å². The number of benzene rings is 2. The van der Waals surface area contributed by atoms with Crippen LogP contribution in [0.3, 0.4) is 0 Å². The van der Waals surface area contributed by atoms with E-state index >= 15 is 0 Å². The summed E-state index contributed by atoms with van der Waals surface area (Å²) in [5.74, 6) is 1.41. The fourth-order valence-electron chi connectivity index (χ4n) is 2.45. The maximum Gasteiger partial charge on any atom is 0.274 e. The first-order valence-electron chi connectivity index (χ1n) is 8.60. The van der Waals surface area contributed by atoms with Gasteiger partial charge in [-0.05, 0) is 19.9 Å². The number of nitro benzene ring substituents is 1. The molecule has 7 nitrogen and oxygen atoms in total. The second kappa shape index (κ2) is 12.1. The number of para-hydroxylation sites is 2. The zero-order valence-electron chi connectivity index (χ0n) is 15.5. The van der Waals surface area contributed by atoms with Crippen molar-refractivity contribution in [1.82, 2.24) is 10.6 Å². The van der Waals surface area contributed by atoms with Gasteiger partial charge in [0.1, 0.15) is 5.75 Å². The third-order valence-electron chi connectivity index (χ3n) is 3.66. The first-order chi connectivity index (χ1) is 12.7. The molecular formula is C19H25IN4O3. The molecule has 0 bridgehead atoms. The van der Waals surface area contributed by atoms with E-state index in [-0.39, 0.29) is 34.6 Å². The van der Waals surface area contributed by atoms with Gasteiger partial charge in [-0.15, -0.1) is 24.0 Å². The number of halogens is 1. The summed E-state index contributed by atoms with van der Waals surface area (Å²) in [6.45, 7) is 5.96. The maximum absolute atomic E-state index is 11.1. The highest BCUT2D eigenvalue weighted by molar-refractivity contribution is 14.0. The van der Waals surface area contributed by atoms with Crippen molar-refractivity contribution in [1.29, 1.82) is 0 Å². The van der Waals surface area contributed by atoms with Gasteiger partial charge < -0.3 is 15.4 Å². The average Bonchev–Trinajstić information content (AvgIpc) is 2.65. The number of nitro groups is 1. The van der Waals surface area contributed by atoms with Gasteiger partial charge in [0.25, 0.3) is 5.69 Å². The molecule has 0 aliphatic rings. The van der Waals surface area contributed by atoms with E-state index in [0.29, 0.717) is 37.8 Å². The monoisotopic (exact) mass is 484 g/mol. The normalized spacial score (nSPS) is 10.7. The van der Waals surface area contributed by atoms with Crippen LogP contribution in [0.2, 0.25) is 0 Å². The highest BCUT2D eigenvalue weighted by Gasteiger charge is 2.12.